The molecular weight excluding hydrogens is 322 g/mol. The molecule has 0 aliphatic heterocycles. The van der Waals surface area contributed by atoms with E-state index in [4.69, 9.17) is 4.74 Å². The molecule has 0 rings (SSSR count). The molecule has 0 spiro atoms. The van der Waals surface area contributed by atoms with Crippen molar-refractivity contribution in [3.05, 3.63) is 12.2 Å². The van der Waals surface area contributed by atoms with Crippen LogP contribution in [0.25, 0.3) is 0 Å². The summed E-state index contributed by atoms with van der Waals surface area (Å²) in [6, 6.07) is 0. The van der Waals surface area contributed by atoms with Gasteiger partial charge in [-0.2, -0.15) is 0 Å². The topological polar surface area (TPSA) is 38.3 Å². The maximum Gasteiger partial charge on any atom is 0.219 e. The molecule has 0 aliphatic rings. The summed E-state index contributed by atoms with van der Waals surface area (Å²) in [6.45, 7) is 3.84. The number of hydrogen-bond acceptors (Lipinski definition) is 2. The molecule has 0 aliphatic carbocycles. The van der Waals surface area contributed by atoms with E-state index in [1.807, 2.05) is 0 Å². The average Bonchev–Trinajstić information content (AvgIpc) is 2.64. The molecular formula is C23H45NO2. The maximum atomic E-state index is 11.7. The number of ether oxygens (including phenoxy) is 1. The highest BCUT2D eigenvalue weighted by molar-refractivity contribution is 5.75. The largest absolute Gasteiger partial charge is 0.385 e. The average molecular weight is 368 g/mol. The minimum atomic E-state index is 0.208. The summed E-state index contributed by atoms with van der Waals surface area (Å²) < 4.78 is 4.99. The first-order chi connectivity index (χ1) is 12.8. The number of hydrogen-bond donors (Lipinski definition) is 1. The van der Waals surface area contributed by atoms with Gasteiger partial charge in [0, 0.05) is 26.7 Å². The second kappa shape index (κ2) is 22.2. The van der Waals surface area contributed by atoms with E-state index in [0.717, 1.165) is 32.4 Å². The minimum Gasteiger partial charge on any atom is -0.385 e. The zero-order valence-electron chi connectivity index (χ0n) is 17.7. The van der Waals surface area contributed by atoms with Gasteiger partial charge >= 0.3 is 0 Å². The lowest BCUT2D eigenvalue weighted by atomic mass is 10.1. The van der Waals surface area contributed by atoms with Crippen LogP contribution in [0.2, 0.25) is 0 Å². The van der Waals surface area contributed by atoms with E-state index < -0.39 is 0 Å². The van der Waals surface area contributed by atoms with E-state index in [-0.39, 0.29) is 5.91 Å². The molecule has 0 unspecified atom stereocenters. The first-order valence-electron chi connectivity index (χ1n) is 11.2. The van der Waals surface area contributed by atoms with Crippen LogP contribution >= 0.6 is 0 Å². The summed E-state index contributed by atoms with van der Waals surface area (Å²) in [5, 5.41) is 2.99. The molecule has 0 saturated heterocycles. The fourth-order valence-corrected chi connectivity index (χ4v) is 3.04. The Kier molecular flexibility index (Phi) is 21.5. The van der Waals surface area contributed by atoms with Crippen molar-refractivity contribution in [2.75, 3.05) is 20.3 Å². The van der Waals surface area contributed by atoms with Crippen LogP contribution in [0.15, 0.2) is 12.2 Å². The van der Waals surface area contributed by atoms with Crippen molar-refractivity contribution in [2.45, 2.75) is 110 Å². The van der Waals surface area contributed by atoms with Crippen LogP contribution in [0.1, 0.15) is 110 Å². The van der Waals surface area contributed by atoms with E-state index in [2.05, 4.69) is 24.4 Å². The van der Waals surface area contributed by atoms with Crippen LogP contribution in [0.4, 0.5) is 0 Å². The number of nitrogens with one attached hydrogen (secondary N) is 1. The molecule has 0 aromatic carbocycles. The molecule has 0 aromatic rings. The van der Waals surface area contributed by atoms with E-state index >= 15 is 0 Å². The zero-order chi connectivity index (χ0) is 19.1. The number of carbonyl (C=O) groups is 1. The molecule has 0 aromatic heterocycles. The van der Waals surface area contributed by atoms with Crippen molar-refractivity contribution in [2.24, 2.45) is 0 Å². The standard InChI is InChI=1S/C23H45NO2/c1-3-4-5-6-7-8-9-10-11-12-13-14-15-16-17-20-23(25)24-21-18-19-22-26-2/h10-11H,3-9,12-22H2,1-2H3,(H,24,25)/b11-10-. The molecule has 26 heavy (non-hydrogen) atoms. The van der Waals surface area contributed by atoms with Crippen molar-refractivity contribution in [1.29, 1.82) is 0 Å². The van der Waals surface area contributed by atoms with Crippen molar-refractivity contribution in [3.8, 4) is 0 Å². The summed E-state index contributed by atoms with van der Waals surface area (Å²) in [6.07, 6.45) is 24.3. The van der Waals surface area contributed by atoms with Gasteiger partial charge in [0.15, 0.2) is 0 Å². The Balaban J connectivity index is 3.18. The van der Waals surface area contributed by atoms with Gasteiger partial charge in [-0.1, -0.05) is 70.4 Å². The normalized spacial score (nSPS) is 11.3. The van der Waals surface area contributed by atoms with E-state index in [1.54, 1.807) is 7.11 Å². The van der Waals surface area contributed by atoms with Gasteiger partial charge < -0.3 is 10.1 Å². The number of methoxy groups -OCH3 is 1. The Morgan fingerprint density at radius 2 is 1.35 bits per heavy atom. The number of allylic oxidation sites excluding steroid dienone is 2. The Hall–Kier alpha value is -0.830. The molecule has 3 nitrogen and oxygen atoms in total. The fraction of sp³-hybridized carbons (Fsp3) is 0.870. The highest BCUT2D eigenvalue weighted by Crippen LogP contribution is 2.09. The third-order valence-electron chi connectivity index (χ3n) is 4.76. The third kappa shape index (κ3) is 21.2. The third-order valence-corrected chi connectivity index (χ3v) is 4.76. The Morgan fingerprint density at radius 1 is 0.769 bits per heavy atom. The van der Waals surface area contributed by atoms with Crippen LogP contribution in [0, 0.1) is 0 Å². The van der Waals surface area contributed by atoms with Gasteiger partial charge in [0.1, 0.15) is 0 Å². The van der Waals surface area contributed by atoms with Crippen molar-refractivity contribution in [3.63, 3.8) is 0 Å². The van der Waals surface area contributed by atoms with Gasteiger partial charge in [-0.05, 0) is 44.9 Å². The van der Waals surface area contributed by atoms with Crippen molar-refractivity contribution in [1.82, 2.24) is 5.32 Å². The quantitative estimate of drug-likeness (QED) is 0.195. The SMILES string of the molecule is CCCCCCCC/C=C\CCCCCCCC(=O)NCCCCOC. The second-order valence-corrected chi connectivity index (χ2v) is 7.38. The first-order valence-corrected chi connectivity index (χ1v) is 11.2. The molecule has 154 valence electrons. The summed E-state index contributed by atoms with van der Waals surface area (Å²) in [7, 11) is 1.71. The lowest BCUT2D eigenvalue weighted by Gasteiger charge is -2.05. The summed E-state index contributed by atoms with van der Waals surface area (Å²) in [4.78, 5) is 11.7. The summed E-state index contributed by atoms with van der Waals surface area (Å²) in [5.41, 5.74) is 0. The van der Waals surface area contributed by atoms with Gasteiger partial charge in [0.25, 0.3) is 0 Å². The molecule has 0 atom stereocenters. The fourth-order valence-electron chi connectivity index (χ4n) is 3.04. The number of rotatable bonds is 20. The second-order valence-electron chi connectivity index (χ2n) is 7.38. The number of amides is 1. The van der Waals surface area contributed by atoms with Crippen LogP contribution in [-0.4, -0.2) is 26.2 Å². The minimum absolute atomic E-state index is 0.208. The molecule has 1 amide bonds. The van der Waals surface area contributed by atoms with E-state index in [1.165, 1.54) is 77.0 Å². The predicted molar refractivity (Wildman–Crippen MR) is 114 cm³/mol. The first kappa shape index (κ1) is 25.2. The molecule has 0 bridgehead atoms. The van der Waals surface area contributed by atoms with Crippen molar-refractivity contribution < 1.29 is 9.53 Å². The molecule has 1 N–H and O–H groups in total. The zero-order valence-corrected chi connectivity index (χ0v) is 17.7. The smallest absolute Gasteiger partial charge is 0.219 e. The number of unbranched alkanes of at least 4 members (excludes halogenated alkanes) is 12. The van der Waals surface area contributed by atoms with Gasteiger partial charge in [0.05, 0.1) is 0 Å². The predicted octanol–water partition coefficient (Wildman–Crippen LogP) is 6.57. The van der Waals surface area contributed by atoms with Crippen molar-refractivity contribution >= 4 is 5.91 Å². The highest BCUT2D eigenvalue weighted by atomic mass is 16.5. The summed E-state index contributed by atoms with van der Waals surface area (Å²) in [5.74, 6) is 0.208. The van der Waals surface area contributed by atoms with Crippen LogP contribution in [-0.2, 0) is 9.53 Å². The molecule has 0 heterocycles. The maximum absolute atomic E-state index is 11.7. The molecule has 0 radical (unpaired) electrons. The monoisotopic (exact) mass is 367 g/mol. The Morgan fingerprint density at radius 3 is 1.96 bits per heavy atom. The summed E-state index contributed by atoms with van der Waals surface area (Å²) >= 11 is 0. The van der Waals surface area contributed by atoms with Gasteiger partial charge in [-0.25, -0.2) is 0 Å². The van der Waals surface area contributed by atoms with Gasteiger partial charge in [0.2, 0.25) is 5.91 Å². The van der Waals surface area contributed by atoms with Crippen LogP contribution in [0.5, 0.6) is 0 Å². The molecule has 0 fully saturated rings. The van der Waals surface area contributed by atoms with E-state index in [0.29, 0.717) is 6.42 Å². The molecule has 0 saturated carbocycles. The van der Waals surface area contributed by atoms with Gasteiger partial charge in [-0.15, -0.1) is 0 Å². The Labute approximate surface area is 163 Å². The highest BCUT2D eigenvalue weighted by Gasteiger charge is 2.00. The lowest BCUT2D eigenvalue weighted by molar-refractivity contribution is -0.121. The number of carbonyl (C=O) groups excluding carboxylic acids is 1. The van der Waals surface area contributed by atoms with Crippen LogP contribution in [0.3, 0.4) is 0 Å². The van der Waals surface area contributed by atoms with E-state index in [9.17, 15) is 4.79 Å². The van der Waals surface area contributed by atoms with Crippen LogP contribution < -0.4 is 5.32 Å². The lowest BCUT2D eigenvalue weighted by Crippen LogP contribution is -2.24. The molecule has 3 heteroatoms. The Bertz CT molecular complexity index is 315. The van der Waals surface area contributed by atoms with Gasteiger partial charge in [-0.3, -0.25) is 4.79 Å².